The second-order valence-corrected chi connectivity index (χ2v) is 9.02. The summed E-state index contributed by atoms with van der Waals surface area (Å²) in [7, 11) is 0. The number of H-pyrrole nitrogens is 1. The number of rotatable bonds is 4. The molecule has 0 amide bonds. The van der Waals surface area contributed by atoms with Crippen LogP contribution in [0.2, 0.25) is 0 Å². The Kier molecular flexibility index (Phi) is 5.37. The minimum atomic E-state index is -0.129. The molecule has 1 atom stereocenters. The van der Waals surface area contributed by atoms with Gasteiger partial charge in [0.2, 0.25) is 5.82 Å². The highest BCUT2D eigenvalue weighted by molar-refractivity contribution is 5.82. The number of hydrogen-bond acceptors (Lipinski definition) is 4. The van der Waals surface area contributed by atoms with Gasteiger partial charge in [-0.3, -0.25) is 4.79 Å². The highest BCUT2D eigenvalue weighted by Crippen LogP contribution is 2.30. The van der Waals surface area contributed by atoms with Crippen molar-refractivity contribution in [3.63, 3.8) is 0 Å². The standard InChI is InChI=1S/C23H30N6O/c1-16-9-8-10-17-15-19(23(30)24-20(16)17)21(28-13-6-3-7-14-28)22-25-26-27-29(22)18-11-4-2-5-12-18/h8-10,15,18,21H,2-7,11-14H2,1H3,(H,24,30)/p+1/t21-/m0/s1. The van der Waals surface area contributed by atoms with Gasteiger partial charge in [-0.15, -0.1) is 5.10 Å². The first-order valence-corrected chi connectivity index (χ1v) is 11.5. The van der Waals surface area contributed by atoms with E-state index < -0.39 is 0 Å². The van der Waals surface area contributed by atoms with Crippen LogP contribution in [0.15, 0.2) is 29.1 Å². The molecule has 1 saturated heterocycles. The second-order valence-electron chi connectivity index (χ2n) is 9.02. The molecule has 7 nitrogen and oxygen atoms in total. The molecule has 3 heterocycles. The Morgan fingerprint density at radius 3 is 2.67 bits per heavy atom. The van der Waals surface area contributed by atoms with Gasteiger partial charge in [0.05, 0.1) is 30.2 Å². The van der Waals surface area contributed by atoms with E-state index in [4.69, 9.17) is 0 Å². The number of aromatic amines is 1. The van der Waals surface area contributed by atoms with Gasteiger partial charge in [-0.25, -0.2) is 4.68 Å². The van der Waals surface area contributed by atoms with Crippen LogP contribution < -0.4 is 10.5 Å². The Hall–Kier alpha value is -2.54. The second kappa shape index (κ2) is 8.30. The molecule has 2 aliphatic rings. The maximum atomic E-state index is 13.3. The number of para-hydroxylation sites is 1. The number of tetrazole rings is 1. The lowest BCUT2D eigenvalue weighted by atomic mass is 9.94. The fraction of sp³-hybridized carbons (Fsp3) is 0.565. The summed E-state index contributed by atoms with van der Waals surface area (Å²) in [4.78, 5) is 17.9. The molecule has 158 valence electrons. The summed E-state index contributed by atoms with van der Waals surface area (Å²) in [6.45, 7) is 4.13. The third kappa shape index (κ3) is 3.55. The molecule has 0 bridgehead atoms. The summed E-state index contributed by atoms with van der Waals surface area (Å²) in [6, 6.07) is 8.46. The minimum absolute atomic E-state index is 0.0157. The SMILES string of the molecule is Cc1cccc2cc([C@@H](c3nnnn3C3CCCCC3)[NH+]3CCCCC3)c(=O)[nH]c12. The van der Waals surface area contributed by atoms with Crippen molar-refractivity contribution >= 4 is 10.9 Å². The van der Waals surface area contributed by atoms with E-state index in [1.807, 2.05) is 17.7 Å². The van der Waals surface area contributed by atoms with Gasteiger partial charge >= 0.3 is 0 Å². The van der Waals surface area contributed by atoms with Gasteiger partial charge in [-0.2, -0.15) is 0 Å². The average Bonchev–Trinajstić information content (AvgIpc) is 3.26. The molecule has 2 fully saturated rings. The van der Waals surface area contributed by atoms with Crippen LogP contribution in [-0.2, 0) is 0 Å². The van der Waals surface area contributed by atoms with E-state index in [0.717, 1.165) is 53.8 Å². The van der Waals surface area contributed by atoms with Gasteiger partial charge < -0.3 is 9.88 Å². The lowest BCUT2D eigenvalue weighted by Crippen LogP contribution is -3.13. The van der Waals surface area contributed by atoms with Gasteiger partial charge in [-0.1, -0.05) is 37.5 Å². The van der Waals surface area contributed by atoms with Crippen LogP contribution >= 0.6 is 0 Å². The highest BCUT2D eigenvalue weighted by atomic mass is 16.1. The summed E-state index contributed by atoms with van der Waals surface area (Å²) in [5.74, 6) is 0.858. The molecule has 7 heteroatoms. The van der Waals surface area contributed by atoms with E-state index in [9.17, 15) is 4.79 Å². The summed E-state index contributed by atoms with van der Waals surface area (Å²) >= 11 is 0. The number of fused-ring (bicyclic) bond motifs is 1. The smallest absolute Gasteiger partial charge is 0.258 e. The van der Waals surface area contributed by atoms with Crippen LogP contribution in [0.25, 0.3) is 10.9 Å². The van der Waals surface area contributed by atoms with Gasteiger partial charge in [0.15, 0.2) is 6.04 Å². The molecule has 5 rings (SSSR count). The Morgan fingerprint density at radius 1 is 1.10 bits per heavy atom. The quantitative estimate of drug-likeness (QED) is 0.696. The number of aryl methyl sites for hydroxylation is 1. The highest BCUT2D eigenvalue weighted by Gasteiger charge is 2.36. The maximum absolute atomic E-state index is 13.3. The zero-order chi connectivity index (χ0) is 20.5. The molecule has 2 N–H and O–H groups in total. The largest absolute Gasteiger partial charge is 0.322 e. The topological polar surface area (TPSA) is 80.9 Å². The lowest BCUT2D eigenvalue weighted by Gasteiger charge is -2.32. The number of likely N-dealkylation sites (tertiary alicyclic amines) is 1. The zero-order valence-electron chi connectivity index (χ0n) is 17.7. The fourth-order valence-corrected chi connectivity index (χ4v) is 5.43. The van der Waals surface area contributed by atoms with Crippen molar-refractivity contribution in [2.45, 2.75) is 70.4 Å². The lowest BCUT2D eigenvalue weighted by molar-refractivity contribution is -0.931. The zero-order valence-corrected chi connectivity index (χ0v) is 17.7. The molecular weight excluding hydrogens is 376 g/mol. The minimum Gasteiger partial charge on any atom is -0.322 e. The molecule has 1 saturated carbocycles. The summed E-state index contributed by atoms with van der Waals surface area (Å²) in [6.07, 6.45) is 9.60. The van der Waals surface area contributed by atoms with E-state index >= 15 is 0 Å². The van der Waals surface area contributed by atoms with Crippen LogP contribution in [0.4, 0.5) is 0 Å². The predicted molar refractivity (Wildman–Crippen MR) is 116 cm³/mol. The maximum Gasteiger partial charge on any atom is 0.258 e. The van der Waals surface area contributed by atoms with Crippen molar-refractivity contribution in [2.75, 3.05) is 13.1 Å². The molecule has 30 heavy (non-hydrogen) atoms. The van der Waals surface area contributed by atoms with Crippen molar-refractivity contribution in [2.24, 2.45) is 0 Å². The number of piperidine rings is 1. The third-order valence-corrected chi connectivity index (χ3v) is 7.03. The molecular formula is C23H31N6O+. The summed E-state index contributed by atoms with van der Waals surface area (Å²) < 4.78 is 2.05. The predicted octanol–water partition coefficient (Wildman–Crippen LogP) is 2.49. The van der Waals surface area contributed by atoms with Gasteiger partial charge in [0, 0.05) is 0 Å². The van der Waals surface area contributed by atoms with Crippen LogP contribution in [0.3, 0.4) is 0 Å². The van der Waals surface area contributed by atoms with E-state index in [1.165, 1.54) is 43.4 Å². The van der Waals surface area contributed by atoms with Gasteiger partial charge in [0.25, 0.3) is 5.56 Å². The molecule has 1 aliphatic heterocycles. The average molecular weight is 408 g/mol. The first-order chi connectivity index (χ1) is 14.7. The van der Waals surface area contributed by atoms with Gasteiger partial charge in [0.1, 0.15) is 0 Å². The number of aromatic nitrogens is 5. The monoisotopic (exact) mass is 407 g/mol. The fourth-order valence-electron chi connectivity index (χ4n) is 5.43. The Morgan fingerprint density at radius 2 is 1.87 bits per heavy atom. The number of nitrogens with zero attached hydrogens (tertiary/aromatic N) is 4. The van der Waals surface area contributed by atoms with E-state index in [0.29, 0.717) is 6.04 Å². The number of pyridine rings is 1. The van der Waals surface area contributed by atoms with Crippen molar-refractivity contribution in [1.29, 1.82) is 0 Å². The van der Waals surface area contributed by atoms with Crippen molar-refractivity contribution in [3.8, 4) is 0 Å². The number of benzene rings is 1. The van der Waals surface area contributed by atoms with Crippen LogP contribution in [0, 0.1) is 6.92 Å². The Labute approximate surface area is 176 Å². The first kappa shape index (κ1) is 19.4. The normalized spacial score (nSPS) is 19.9. The Bertz CT molecular complexity index is 1070. The van der Waals surface area contributed by atoms with Crippen LogP contribution in [0.5, 0.6) is 0 Å². The van der Waals surface area contributed by atoms with Crippen molar-refractivity contribution in [3.05, 3.63) is 51.6 Å². The van der Waals surface area contributed by atoms with Crippen molar-refractivity contribution in [1.82, 2.24) is 25.2 Å². The summed E-state index contributed by atoms with van der Waals surface area (Å²) in [5, 5.41) is 14.1. The molecule has 2 aromatic heterocycles. The molecule has 1 aliphatic carbocycles. The van der Waals surface area contributed by atoms with Gasteiger partial charge in [-0.05, 0) is 66.5 Å². The number of quaternary nitrogens is 1. The summed E-state index contributed by atoms with van der Waals surface area (Å²) in [5.41, 5.74) is 2.78. The van der Waals surface area contributed by atoms with E-state index in [-0.39, 0.29) is 11.6 Å². The van der Waals surface area contributed by atoms with Crippen LogP contribution in [-0.4, -0.2) is 38.3 Å². The molecule has 0 unspecified atom stereocenters. The van der Waals surface area contributed by atoms with E-state index in [2.05, 4.69) is 38.7 Å². The van der Waals surface area contributed by atoms with E-state index in [1.54, 1.807) is 0 Å². The van der Waals surface area contributed by atoms with Crippen molar-refractivity contribution < 1.29 is 4.90 Å². The van der Waals surface area contributed by atoms with Crippen LogP contribution in [0.1, 0.15) is 80.4 Å². The molecule has 0 radical (unpaired) electrons. The molecule has 0 spiro atoms. The number of nitrogens with one attached hydrogen (secondary N) is 2. The first-order valence-electron chi connectivity index (χ1n) is 11.5. The Balaban J connectivity index is 1.64. The molecule has 3 aromatic rings. The number of hydrogen-bond donors (Lipinski definition) is 2. The molecule has 1 aromatic carbocycles. The third-order valence-electron chi connectivity index (χ3n) is 7.03.